The highest BCUT2D eigenvalue weighted by Crippen LogP contribution is 2.25. The maximum atomic E-state index is 6.09. The Bertz CT molecular complexity index is 580. The van der Waals surface area contributed by atoms with Gasteiger partial charge in [-0.15, -0.1) is 11.3 Å². The monoisotopic (exact) mass is 304 g/mol. The van der Waals surface area contributed by atoms with Gasteiger partial charge in [0, 0.05) is 17.3 Å². The Morgan fingerprint density at radius 3 is 2.81 bits per heavy atom. The average molecular weight is 304 g/mol. The van der Waals surface area contributed by atoms with E-state index in [1.54, 1.807) is 11.3 Å². The number of para-hydroxylation sites is 1. The van der Waals surface area contributed by atoms with Crippen LogP contribution in [0.25, 0.3) is 0 Å². The van der Waals surface area contributed by atoms with Crippen LogP contribution in [0.1, 0.15) is 35.0 Å². The molecule has 0 bridgehead atoms. The van der Waals surface area contributed by atoms with Crippen molar-refractivity contribution >= 4 is 11.3 Å². The normalized spacial score (nSPS) is 12.4. The minimum absolute atomic E-state index is 0.192. The second kappa shape index (κ2) is 7.57. The highest BCUT2D eigenvalue weighted by Gasteiger charge is 2.11. The van der Waals surface area contributed by atoms with Gasteiger partial charge >= 0.3 is 0 Å². The van der Waals surface area contributed by atoms with Crippen LogP contribution in [-0.4, -0.2) is 17.6 Å². The molecule has 1 heterocycles. The van der Waals surface area contributed by atoms with Crippen molar-refractivity contribution in [1.29, 1.82) is 0 Å². The predicted octanol–water partition coefficient (Wildman–Crippen LogP) is 3.66. The number of aromatic nitrogens is 1. The SMILES string of the molecule is CCC(N)Cc1cccc(C)c1OCCc1scnc1C. The van der Waals surface area contributed by atoms with Crippen LogP contribution >= 0.6 is 11.3 Å². The summed E-state index contributed by atoms with van der Waals surface area (Å²) in [6.45, 7) is 6.94. The number of nitrogens with zero attached hydrogens (tertiary/aromatic N) is 1. The molecule has 0 aliphatic heterocycles. The molecule has 2 N–H and O–H groups in total. The van der Waals surface area contributed by atoms with E-state index in [9.17, 15) is 0 Å². The lowest BCUT2D eigenvalue weighted by Gasteiger charge is -2.16. The molecule has 1 unspecified atom stereocenters. The van der Waals surface area contributed by atoms with Crippen LogP contribution in [-0.2, 0) is 12.8 Å². The zero-order chi connectivity index (χ0) is 15.2. The second-order valence-electron chi connectivity index (χ2n) is 5.40. The van der Waals surface area contributed by atoms with E-state index in [1.165, 1.54) is 16.0 Å². The molecule has 3 nitrogen and oxygen atoms in total. The Morgan fingerprint density at radius 1 is 1.33 bits per heavy atom. The minimum Gasteiger partial charge on any atom is -0.493 e. The number of ether oxygens (including phenoxy) is 1. The summed E-state index contributed by atoms with van der Waals surface area (Å²) in [5.41, 5.74) is 11.5. The number of benzene rings is 1. The summed E-state index contributed by atoms with van der Waals surface area (Å²) in [5, 5.41) is 0. The van der Waals surface area contributed by atoms with Crippen LogP contribution in [0.5, 0.6) is 5.75 Å². The Kier molecular flexibility index (Phi) is 5.76. The molecule has 0 aliphatic rings. The number of hydrogen-bond donors (Lipinski definition) is 1. The number of hydrogen-bond acceptors (Lipinski definition) is 4. The third kappa shape index (κ3) is 4.29. The second-order valence-corrected chi connectivity index (χ2v) is 6.33. The zero-order valence-corrected chi connectivity index (χ0v) is 13.9. The number of aryl methyl sites for hydroxylation is 2. The fourth-order valence-corrected chi connectivity index (χ4v) is 3.08. The van der Waals surface area contributed by atoms with Crippen LogP contribution in [0.15, 0.2) is 23.7 Å². The molecule has 2 aromatic rings. The third-order valence-electron chi connectivity index (χ3n) is 3.72. The van der Waals surface area contributed by atoms with Gasteiger partial charge in [-0.25, -0.2) is 4.98 Å². The molecule has 1 aromatic heterocycles. The lowest BCUT2D eigenvalue weighted by atomic mass is 10.0. The minimum atomic E-state index is 0.192. The molecule has 0 saturated heterocycles. The maximum absolute atomic E-state index is 6.09. The molecule has 0 spiro atoms. The van der Waals surface area contributed by atoms with Crippen LogP contribution < -0.4 is 10.5 Å². The molecule has 21 heavy (non-hydrogen) atoms. The third-order valence-corrected chi connectivity index (χ3v) is 4.72. The van der Waals surface area contributed by atoms with E-state index in [4.69, 9.17) is 10.5 Å². The zero-order valence-electron chi connectivity index (χ0n) is 13.1. The van der Waals surface area contributed by atoms with Gasteiger partial charge in [0.15, 0.2) is 0 Å². The molecular weight excluding hydrogens is 280 g/mol. The molecule has 1 atom stereocenters. The summed E-state index contributed by atoms with van der Waals surface area (Å²) < 4.78 is 6.06. The first-order valence-electron chi connectivity index (χ1n) is 7.47. The Morgan fingerprint density at radius 2 is 2.14 bits per heavy atom. The van der Waals surface area contributed by atoms with Crippen LogP contribution in [0.4, 0.5) is 0 Å². The first-order chi connectivity index (χ1) is 10.1. The fraction of sp³-hybridized carbons (Fsp3) is 0.471. The number of rotatable bonds is 7. The summed E-state index contributed by atoms with van der Waals surface area (Å²) in [7, 11) is 0. The molecular formula is C17H24N2OS. The van der Waals surface area contributed by atoms with Gasteiger partial charge in [0.25, 0.3) is 0 Å². The summed E-state index contributed by atoms with van der Waals surface area (Å²) >= 11 is 1.70. The lowest BCUT2D eigenvalue weighted by Crippen LogP contribution is -2.22. The maximum Gasteiger partial charge on any atom is 0.125 e. The Labute approximate surface area is 131 Å². The van der Waals surface area contributed by atoms with E-state index in [0.29, 0.717) is 6.61 Å². The smallest absolute Gasteiger partial charge is 0.125 e. The van der Waals surface area contributed by atoms with E-state index < -0.39 is 0 Å². The van der Waals surface area contributed by atoms with Crippen molar-refractivity contribution in [2.75, 3.05) is 6.61 Å². The Balaban J connectivity index is 2.03. The summed E-state index contributed by atoms with van der Waals surface area (Å²) in [6, 6.07) is 6.48. The van der Waals surface area contributed by atoms with Gasteiger partial charge in [-0.3, -0.25) is 0 Å². The summed E-state index contributed by atoms with van der Waals surface area (Å²) in [4.78, 5) is 5.58. The van der Waals surface area contributed by atoms with Gasteiger partial charge in [-0.1, -0.05) is 25.1 Å². The van der Waals surface area contributed by atoms with Gasteiger partial charge in [-0.2, -0.15) is 0 Å². The van der Waals surface area contributed by atoms with Gasteiger partial charge in [0.05, 0.1) is 17.8 Å². The molecule has 2 rings (SSSR count). The predicted molar refractivity (Wildman–Crippen MR) is 89.2 cm³/mol. The van der Waals surface area contributed by atoms with Crippen LogP contribution in [0.2, 0.25) is 0 Å². The van der Waals surface area contributed by atoms with Gasteiger partial charge in [0.2, 0.25) is 0 Å². The van der Waals surface area contributed by atoms with Crippen molar-refractivity contribution in [2.45, 2.75) is 46.1 Å². The van der Waals surface area contributed by atoms with E-state index in [-0.39, 0.29) is 6.04 Å². The highest BCUT2D eigenvalue weighted by atomic mass is 32.1. The summed E-state index contributed by atoms with van der Waals surface area (Å²) in [6.07, 6.45) is 2.75. The van der Waals surface area contributed by atoms with Crippen molar-refractivity contribution in [2.24, 2.45) is 5.73 Å². The largest absolute Gasteiger partial charge is 0.493 e. The molecule has 4 heteroatoms. The first-order valence-corrected chi connectivity index (χ1v) is 8.35. The van der Waals surface area contributed by atoms with Gasteiger partial charge < -0.3 is 10.5 Å². The van der Waals surface area contributed by atoms with Gasteiger partial charge in [0.1, 0.15) is 5.75 Å². The Hall–Kier alpha value is -1.39. The van der Waals surface area contributed by atoms with Crippen LogP contribution in [0, 0.1) is 13.8 Å². The van der Waals surface area contributed by atoms with Gasteiger partial charge in [-0.05, 0) is 37.8 Å². The molecule has 0 fully saturated rings. The highest BCUT2D eigenvalue weighted by molar-refractivity contribution is 7.09. The van der Waals surface area contributed by atoms with Crippen LogP contribution in [0.3, 0.4) is 0 Å². The number of thiazole rings is 1. The molecule has 0 aliphatic carbocycles. The standard InChI is InChI=1S/C17H24N2OS/c1-4-15(18)10-14-7-5-6-12(2)17(14)20-9-8-16-13(3)19-11-21-16/h5-7,11,15H,4,8-10,18H2,1-3H3. The fourth-order valence-electron chi connectivity index (χ4n) is 2.32. The lowest BCUT2D eigenvalue weighted by molar-refractivity contribution is 0.316. The average Bonchev–Trinajstić information content (AvgIpc) is 2.87. The molecule has 114 valence electrons. The van der Waals surface area contributed by atoms with Crippen molar-refractivity contribution < 1.29 is 4.74 Å². The van der Waals surface area contributed by atoms with Crippen molar-refractivity contribution in [1.82, 2.24) is 4.98 Å². The van der Waals surface area contributed by atoms with E-state index in [2.05, 4.69) is 37.0 Å². The topological polar surface area (TPSA) is 48.1 Å². The molecule has 0 amide bonds. The first kappa shape index (κ1) is 16.0. The van der Waals surface area contributed by atoms with E-state index in [0.717, 1.165) is 30.7 Å². The van der Waals surface area contributed by atoms with E-state index >= 15 is 0 Å². The van der Waals surface area contributed by atoms with Crippen molar-refractivity contribution in [3.8, 4) is 5.75 Å². The quantitative estimate of drug-likeness (QED) is 0.849. The van der Waals surface area contributed by atoms with Crippen molar-refractivity contribution in [3.63, 3.8) is 0 Å². The molecule has 1 aromatic carbocycles. The summed E-state index contributed by atoms with van der Waals surface area (Å²) in [5.74, 6) is 1.00. The number of nitrogens with two attached hydrogens (primary N) is 1. The van der Waals surface area contributed by atoms with E-state index in [1.807, 2.05) is 12.4 Å². The molecule has 0 saturated carbocycles. The molecule has 0 radical (unpaired) electrons. The van der Waals surface area contributed by atoms with Crippen molar-refractivity contribution in [3.05, 3.63) is 45.4 Å².